The van der Waals surface area contributed by atoms with Gasteiger partial charge in [-0.05, 0) is 58.8 Å². The zero-order valence-electron chi connectivity index (χ0n) is 15.6. The molecule has 1 aliphatic heterocycles. The van der Waals surface area contributed by atoms with Gasteiger partial charge in [0.1, 0.15) is 11.6 Å². The van der Waals surface area contributed by atoms with Crippen molar-refractivity contribution in [3.63, 3.8) is 0 Å². The van der Waals surface area contributed by atoms with Crippen molar-refractivity contribution in [1.82, 2.24) is 15.2 Å². The van der Waals surface area contributed by atoms with E-state index < -0.39 is 5.82 Å². The van der Waals surface area contributed by atoms with Gasteiger partial charge in [-0.2, -0.15) is 0 Å². The number of nitrogens with one attached hydrogen (secondary N) is 1. The number of aromatic nitrogens is 1. The molecule has 2 heterocycles. The molecule has 26 heavy (non-hydrogen) atoms. The summed E-state index contributed by atoms with van der Waals surface area (Å²) in [5.74, 6) is 0.254. The lowest BCUT2D eigenvalue weighted by molar-refractivity contribution is -0.121. The Morgan fingerprint density at radius 1 is 1.31 bits per heavy atom. The molecule has 6 heteroatoms. The summed E-state index contributed by atoms with van der Waals surface area (Å²) in [6.07, 6.45) is 2.56. The van der Waals surface area contributed by atoms with E-state index in [-0.39, 0.29) is 23.8 Å². The Kier molecular flexibility index (Phi) is 5.41. The van der Waals surface area contributed by atoms with Crippen LogP contribution in [0.3, 0.4) is 0 Å². The van der Waals surface area contributed by atoms with Crippen LogP contribution in [0.1, 0.15) is 38.1 Å². The van der Waals surface area contributed by atoms with E-state index in [2.05, 4.69) is 29.0 Å². The normalized spacial score (nSPS) is 15.4. The number of carbonyl (C=O) groups is 1. The van der Waals surface area contributed by atoms with Crippen LogP contribution in [-0.4, -0.2) is 41.0 Å². The molecule has 0 saturated carbocycles. The lowest BCUT2D eigenvalue weighted by Gasteiger charge is -2.35. The molecule has 0 atom stereocenters. The summed E-state index contributed by atoms with van der Waals surface area (Å²) in [7, 11) is 0. The molecule has 2 aromatic rings. The van der Waals surface area contributed by atoms with E-state index in [0.29, 0.717) is 23.6 Å². The monoisotopic (exact) mass is 359 g/mol. The summed E-state index contributed by atoms with van der Waals surface area (Å²) in [6.45, 7) is 8.79. The van der Waals surface area contributed by atoms with Crippen molar-refractivity contribution in [1.29, 1.82) is 0 Å². The minimum absolute atomic E-state index is 0.0661. The zero-order valence-corrected chi connectivity index (χ0v) is 15.6. The van der Waals surface area contributed by atoms with Crippen LogP contribution in [0.2, 0.25) is 0 Å². The number of hydrogen-bond acceptors (Lipinski definition) is 4. The Morgan fingerprint density at radius 2 is 2.00 bits per heavy atom. The van der Waals surface area contributed by atoms with E-state index >= 15 is 0 Å². The Balaban J connectivity index is 1.62. The summed E-state index contributed by atoms with van der Waals surface area (Å²) in [4.78, 5) is 19.1. The van der Waals surface area contributed by atoms with E-state index in [4.69, 9.17) is 4.42 Å². The molecule has 1 amide bonds. The van der Waals surface area contributed by atoms with Crippen LogP contribution in [-0.2, 0) is 11.2 Å². The quantitative estimate of drug-likeness (QED) is 0.860. The predicted molar refractivity (Wildman–Crippen MR) is 98.2 cm³/mol. The van der Waals surface area contributed by atoms with Crippen LogP contribution >= 0.6 is 0 Å². The van der Waals surface area contributed by atoms with E-state index in [9.17, 15) is 9.18 Å². The molecule has 140 valence electrons. The maximum atomic E-state index is 13.9. The highest BCUT2D eigenvalue weighted by Gasteiger charge is 2.29. The van der Waals surface area contributed by atoms with Crippen molar-refractivity contribution < 1.29 is 13.6 Å². The second-order valence-electron chi connectivity index (χ2n) is 7.46. The zero-order chi connectivity index (χ0) is 18.7. The highest BCUT2D eigenvalue weighted by Crippen LogP contribution is 2.24. The molecule has 0 unspecified atom stereocenters. The van der Waals surface area contributed by atoms with E-state index in [1.807, 2.05) is 0 Å². The van der Waals surface area contributed by atoms with Gasteiger partial charge in [-0.25, -0.2) is 9.37 Å². The molecular formula is C20H26FN3O2. The first-order chi connectivity index (χ1) is 12.4. The van der Waals surface area contributed by atoms with Crippen LogP contribution in [0.25, 0.3) is 11.5 Å². The second-order valence-corrected chi connectivity index (χ2v) is 7.46. The Bertz CT molecular complexity index is 779. The number of halogens is 1. The van der Waals surface area contributed by atoms with Gasteiger partial charge >= 0.3 is 0 Å². The number of hydrogen-bond donors (Lipinski definition) is 1. The Hall–Kier alpha value is -2.21. The highest BCUT2D eigenvalue weighted by molar-refractivity contribution is 5.78. The van der Waals surface area contributed by atoms with Gasteiger partial charge in [0.25, 0.3) is 0 Å². The molecule has 1 fully saturated rings. The number of benzene rings is 1. The van der Waals surface area contributed by atoms with E-state index in [0.717, 1.165) is 13.1 Å². The molecule has 1 aromatic carbocycles. The summed E-state index contributed by atoms with van der Waals surface area (Å²) < 4.78 is 19.5. The predicted octanol–water partition coefficient (Wildman–Crippen LogP) is 3.32. The third-order valence-corrected chi connectivity index (χ3v) is 5.01. The van der Waals surface area contributed by atoms with Gasteiger partial charge < -0.3 is 9.73 Å². The molecule has 0 spiro atoms. The number of likely N-dealkylation sites (tertiary alicyclic amines) is 1. The minimum atomic E-state index is -0.392. The molecule has 0 bridgehead atoms. The Morgan fingerprint density at radius 3 is 2.69 bits per heavy atom. The fourth-order valence-electron chi connectivity index (χ4n) is 3.31. The molecule has 0 aliphatic carbocycles. The van der Waals surface area contributed by atoms with Gasteiger partial charge in [-0.1, -0.05) is 12.1 Å². The number of carbonyl (C=O) groups excluding carboxylic acids is 1. The number of oxazole rings is 1. The number of amides is 1. The topological polar surface area (TPSA) is 58.4 Å². The fourth-order valence-corrected chi connectivity index (χ4v) is 3.31. The molecule has 3 rings (SSSR count). The molecular weight excluding hydrogens is 333 g/mol. The van der Waals surface area contributed by atoms with Crippen LogP contribution in [0, 0.1) is 12.7 Å². The fraction of sp³-hybridized carbons (Fsp3) is 0.500. The first kappa shape index (κ1) is 18.6. The number of rotatable bonds is 6. The van der Waals surface area contributed by atoms with Crippen LogP contribution < -0.4 is 5.32 Å². The van der Waals surface area contributed by atoms with Crippen molar-refractivity contribution in [3.8, 4) is 11.5 Å². The average molecular weight is 359 g/mol. The minimum Gasteiger partial charge on any atom is -0.441 e. The molecule has 1 N–H and O–H groups in total. The first-order valence-electron chi connectivity index (χ1n) is 9.10. The van der Waals surface area contributed by atoms with E-state index in [1.165, 1.54) is 18.9 Å². The summed E-state index contributed by atoms with van der Waals surface area (Å²) in [6, 6.07) is 6.32. The van der Waals surface area contributed by atoms with Gasteiger partial charge in [0, 0.05) is 12.1 Å². The smallest absolute Gasteiger partial charge is 0.229 e. The molecule has 1 aliphatic rings. The van der Waals surface area contributed by atoms with Crippen molar-refractivity contribution in [2.75, 3.05) is 19.6 Å². The van der Waals surface area contributed by atoms with Gasteiger partial charge in [-0.3, -0.25) is 9.69 Å². The van der Waals surface area contributed by atoms with Crippen molar-refractivity contribution in [2.45, 2.75) is 45.6 Å². The van der Waals surface area contributed by atoms with Gasteiger partial charge in [0.05, 0.1) is 17.7 Å². The van der Waals surface area contributed by atoms with Crippen LogP contribution in [0.15, 0.2) is 28.7 Å². The lowest BCUT2D eigenvalue weighted by Crippen LogP contribution is -2.50. The summed E-state index contributed by atoms with van der Waals surface area (Å²) in [5.41, 5.74) is 0.778. The molecule has 0 radical (unpaired) electrons. The van der Waals surface area contributed by atoms with Gasteiger partial charge in [-0.15, -0.1) is 0 Å². The third kappa shape index (κ3) is 4.12. The first-order valence-corrected chi connectivity index (χ1v) is 9.10. The standard InChI is InChI=1S/C20H26FN3O2/c1-14-17(23-19(26-14)15-8-4-5-9-16(15)21)12-18(25)22-13-20(2,3)24-10-6-7-11-24/h4-5,8-9H,6-7,10-13H2,1-3H3,(H,22,25). The lowest BCUT2D eigenvalue weighted by atomic mass is 10.0. The van der Waals surface area contributed by atoms with Crippen molar-refractivity contribution in [3.05, 3.63) is 41.5 Å². The van der Waals surface area contributed by atoms with Crippen molar-refractivity contribution in [2.24, 2.45) is 0 Å². The van der Waals surface area contributed by atoms with Crippen LogP contribution in [0.5, 0.6) is 0 Å². The van der Waals surface area contributed by atoms with Crippen molar-refractivity contribution >= 4 is 5.91 Å². The third-order valence-electron chi connectivity index (χ3n) is 5.01. The molecule has 1 saturated heterocycles. The Labute approximate surface area is 153 Å². The maximum Gasteiger partial charge on any atom is 0.229 e. The second kappa shape index (κ2) is 7.58. The molecule has 5 nitrogen and oxygen atoms in total. The summed E-state index contributed by atoms with van der Waals surface area (Å²) in [5, 5.41) is 3.00. The molecule has 1 aromatic heterocycles. The number of nitrogens with zero attached hydrogens (tertiary/aromatic N) is 2. The highest BCUT2D eigenvalue weighted by atomic mass is 19.1. The SMILES string of the molecule is Cc1oc(-c2ccccc2F)nc1CC(=O)NCC(C)(C)N1CCCC1. The largest absolute Gasteiger partial charge is 0.441 e. The summed E-state index contributed by atoms with van der Waals surface area (Å²) >= 11 is 0. The average Bonchev–Trinajstić information content (AvgIpc) is 3.25. The maximum absolute atomic E-state index is 13.9. The van der Waals surface area contributed by atoms with Crippen LogP contribution in [0.4, 0.5) is 4.39 Å². The van der Waals surface area contributed by atoms with Gasteiger partial charge in [0.2, 0.25) is 11.8 Å². The van der Waals surface area contributed by atoms with Gasteiger partial charge in [0.15, 0.2) is 0 Å². The van der Waals surface area contributed by atoms with E-state index in [1.54, 1.807) is 25.1 Å². The number of aryl methyl sites for hydroxylation is 1.